The van der Waals surface area contributed by atoms with Crippen LogP contribution in [0.3, 0.4) is 0 Å². The van der Waals surface area contributed by atoms with Gasteiger partial charge in [0.1, 0.15) is 5.75 Å². The lowest BCUT2D eigenvalue weighted by atomic mass is 10.1. The van der Waals surface area contributed by atoms with Crippen LogP contribution < -0.4 is 15.0 Å². The number of benzene rings is 2. The Morgan fingerprint density at radius 1 is 1.19 bits per heavy atom. The monoisotopic (exact) mass is 372 g/mol. The molecule has 0 aliphatic carbocycles. The van der Waals surface area contributed by atoms with E-state index in [0.29, 0.717) is 30.8 Å². The Bertz CT molecular complexity index is 775. The van der Waals surface area contributed by atoms with E-state index in [9.17, 15) is 9.59 Å². The van der Waals surface area contributed by atoms with Crippen molar-refractivity contribution in [3.8, 4) is 5.75 Å². The quantitative estimate of drug-likeness (QED) is 0.847. The van der Waals surface area contributed by atoms with Crippen LogP contribution in [0.1, 0.15) is 18.4 Å². The highest BCUT2D eigenvalue weighted by Gasteiger charge is 2.31. The van der Waals surface area contributed by atoms with Crippen molar-refractivity contribution in [2.45, 2.75) is 25.3 Å². The van der Waals surface area contributed by atoms with Gasteiger partial charge in [-0.2, -0.15) is 0 Å². The number of hydrogen-bond donors (Lipinski definition) is 1. The molecule has 26 heavy (non-hydrogen) atoms. The number of ether oxygens (including phenoxy) is 1. The highest BCUT2D eigenvalue weighted by Crippen LogP contribution is 2.23. The second-order valence-electron chi connectivity index (χ2n) is 6.30. The molecule has 1 aliphatic rings. The third kappa shape index (κ3) is 4.55. The first-order valence-electron chi connectivity index (χ1n) is 8.53. The molecular weight excluding hydrogens is 352 g/mol. The number of carbonyl (C=O) groups is 2. The zero-order chi connectivity index (χ0) is 18.5. The van der Waals surface area contributed by atoms with Gasteiger partial charge in [0.05, 0.1) is 13.2 Å². The summed E-state index contributed by atoms with van der Waals surface area (Å²) >= 11 is 5.89. The molecule has 1 fully saturated rings. The SMILES string of the molecule is COc1ccc(CCC(=O)NC2CC(=O)N(c3ccc(Cl)cc3)C2)cc1. The Morgan fingerprint density at radius 2 is 1.88 bits per heavy atom. The zero-order valence-electron chi connectivity index (χ0n) is 14.6. The van der Waals surface area contributed by atoms with Gasteiger partial charge in [-0.25, -0.2) is 0 Å². The Kier molecular flexibility index (Phi) is 5.78. The van der Waals surface area contributed by atoms with E-state index in [-0.39, 0.29) is 17.9 Å². The van der Waals surface area contributed by atoms with Crippen molar-refractivity contribution >= 4 is 29.1 Å². The second-order valence-corrected chi connectivity index (χ2v) is 6.73. The maximum Gasteiger partial charge on any atom is 0.229 e. The Morgan fingerprint density at radius 3 is 2.54 bits per heavy atom. The number of methoxy groups -OCH3 is 1. The summed E-state index contributed by atoms with van der Waals surface area (Å²) in [6.45, 7) is 0.481. The molecule has 6 heteroatoms. The van der Waals surface area contributed by atoms with Gasteiger partial charge in [-0.15, -0.1) is 0 Å². The largest absolute Gasteiger partial charge is 0.497 e. The van der Waals surface area contributed by atoms with Crippen LogP contribution in [0.2, 0.25) is 5.02 Å². The molecule has 1 aliphatic heterocycles. The maximum atomic E-state index is 12.2. The second kappa shape index (κ2) is 8.23. The fourth-order valence-electron chi connectivity index (χ4n) is 3.02. The molecular formula is C20H21ClN2O3. The lowest BCUT2D eigenvalue weighted by molar-refractivity contribution is -0.121. The van der Waals surface area contributed by atoms with E-state index >= 15 is 0 Å². The van der Waals surface area contributed by atoms with Gasteiger partial charge in [0.2, 0.25) is 11.8 Å². The van der Waals surface area contributed by atoms with Crippen molar-refractivity contribution in [3.05, 3.63) is 59.1 Å². The number of anilines is 1. The molecule has 1 atom stereocenters. The standard InChI is InChI=1S/C20H21ClN2O3/c1-26-18-9-2-14(3-10-18)4-11-19(24)22-16-12-20(25)23(13-16)17-7-5-15(21)6-8-17/h2-3,5-10,16H,4,11-13H2,1H3,(H,22,24). The van der Waals surface area contributed by atoms with Crippen LogP contribution in [0.4, 0.5) is 5.69 Å². The first kappa shape index (κ1) is 18.3. The van der Waals surface area contributed by atoms with Gasteiger partial charge < -0.3 is 15.0 Å². The van der Waals surface area contributed by atoms with E-state index in [1.165, 1.54) is 0 Å². The highest BCUT2D eigenvalue weighted by atomic mass is 35.5. The summed E-state index contributed by atoms with van der Waals surface area (Å²) in [4.78, 5) is 26.1. The molecule has 3 rings (SSSR count). The Hall–Kier alpha value is -2.53. The summed E-state index contributed by atoms with van der Waals surface area (Å²) in [5.74, 6) is 0.759. The summed E-state index contributed by atoms with van der Waals surface area (Å²) in [5, 5.41) is 3.59. The molecule has 2 amide bonds. The van der Waals surface area contributed by atoms with E-state index in [1.807, 2.05) is 36.4 Å². The van der Waals surface area contributed by atoms with Crippen molar-refractivity contribution in [2.75, 3.05) is 18.6 Å². The summed E-state index contributed by atoms with van der Waals surface area (Å²) in [6.07, 6.45) is 1.35. The van der Waals surface area contributed by atoms with Crippen LogP contribution in [0, 0.1) is 0 Å². The van der Waals surface area contributed by atoms with Gasteiger partial charge in [0.25, 0.3) is 0 Å². The Labute approximate surface area is 157 Å². The van der Waals surface area contributed by atoms with Gasteiger partial charge in [0.15, 0.2) is 0 Å². The third-order valence-electron chi connectivity index (χ3n) is 4.43. The van der Waals surface area contributed by atoms with E-state index in [4.69, 9.17) is 16.3 Å². The number of nitrogens with zero attached hydrogens (tertiary/aromatic N) is 1. The molecule has 0 radical (unpaired) electrons. The molecule has 0 bridgehead atoms. The van der Waals surface area contributed by atoms with Crippen molar-refractivity contribution < 1.29 is 14.3 Å². The minimum Gasteiger partial charge on any atom is -0.497 e. The van der Waals surface area contributed by atoms with Crippen LogP contribution in [0.15, 0.2) is 48.5 Å². The fourth-order valence-corrected chi connectivity index (χ4v) is 3.15. The van der Waals surface area contributed by atoms with E-state index in [2.05, 4.69) is 5.32 Å². The van der Waals surface area contributed by atoms with Gasteiger partial charge in [-0.1, -0.05) is 23.7 Å². The molecule has 2 aromatic carbocycles. The minimum atomic E-state index is -0.165. The lowest BCUT2D eigenvalue weighted by Crippen LogP contribution is -2.37. The van der Waals surface area contributed by atoms with E-state index in [0.717, 1.165) is 17.0 Å². The number of carbonyl (C=O) groups excluding carboxylic acids is 2. The zero-order valence-corrected chi connectivity index (χ0v) is 15.3. The van der Waals surface area contributed by atoms with Gasteiger partial charge >= 0.3 is 0 Å². The summed E-state index contributed by atoms with van der Waals surface area (Å²) < 4.78 is 5.12. The third-order valence-corrected chi connectivity index (χ3v) is 4.68. The Balaban J connectivity index is 1.50. The lowest BCUT2D eigenvalue weighted by Gasteiger charge is -2.17. The van der Waals surface area contributed by atoms with Crippen molar-refractivity contribution in [1.82, 2.24) is 5.32 Å². The van der Waals surface area contributed by atoms with E-state index in [1.54, 1.807) is 24.1 Å². The molecule has 1 heterocycles. The molecule has 0 spiro atoms. The topological polar surface area (TPSA) is 58.6 Å². The molecule has 136 valence electrons. The summed E-state index contributed by atoms with van der Waals surface area (Å²) in [5.41, 5.74) is 1.88. The van der Waals surface area contributed by atoms with Crippen LogP contribution in [-0.2, 0) is 16.0 Å². The van der Waals surface area contributed by atoms with Crippen LogP contribution in [0.25, 0.3) is 0 Å². The minimum absolute atomic E-state index is 0.00720. The molecule has 1 N–H and O–H groups in total. The molecule has 1 unspecified atom stereocenters. The normalized spacial score (nSPS) is 16.6. The predicted molar refractivity (Wildman–Crippen MR) is 102 cm³/mol. The number of amides is 2. The number of nitrogens with one attached hydrogen (secondary N) is 1. The molecule has 2 aromatic rings. The number of rotatable bonds is 6. The smallest absolute Gasteiger partial charge is 0.229 e. The molecule has 5 nitrogen and oxygen atoms in total. The molecule has 0 saturated carbocycles. The van der Waals surface area contributed by atoms with Crippen molar-refractivity contribution in [3.63, 3.8) is 0 Å². The maximum absolute atomic E-state index is 12.2. The fraction of sp³-hybridized carbons (Fsp3) is 0.300. The summed E-state index contributed by atoms with van der Waals surface area (Å²) in [6, 6.07) is 14.6. The van der Waals surface area contributed by atoms with Crippen LogP contribution in [-0.4, -0.2) is 31.5 Å². The first-order valence-corrected chi connectivity index (χ1v) is 8.91. The van der Waals surface area contributed by atoms with E-state index < -0.39 is 0 Å². The van der Waals surface area contributed by atoms with Crippen LogP contribution >= 0.6 is 11.6 Å². The highest BCUT2D eigenvalue weighted by molar-refractivity contribution is 6.30. The van der Waals surface area contributed by atoms with Gasteiger partial charge in [-0.3, -0.25) is 9.59 Å². The predicted octanol–water partition coefficient (Wildman–Crippen LogP) is 3.20. The average Bonchev–Trinajstić information content (AvgIpc) is 3.01. The van der Waals surface area contributed by atoms with Crippen molar-refractivity contribution in [2.24, 2.45) is 0 Å². The molecule has 0 aromatic heterocycles. The number of hydrogen-bond acceptors (Lipinski definition) is 3. The van der Waals surface area contributed by atoms with Gasteiger partial charge in [-0.05, 0) is 48.4 Å². The first-order chi connectivity index (χ1) is 12.5. The average molecular weight is 373 g/mol. The summed E-state index contributed by atoms with van der Waals surface area (Å²) in [7, 11) is 1.62. The number of halogens is 1. The van der Waals surface area contributed by atoms with Crippen molar-refractivity contribution in [1.29, 1.82) is 0 Å². The van der Waals surface area contributed by atoms with Gasteiger partial charge in [0, 0.05) is 30.1 Å². The van der Waals surface area contributed by atoms with Crippen LogP contribution in [0.5, 0.6) is 5.75 Å². The number of aryl methyl sites for hydroxylation is 1. The molecule has 1 saturated heterocycles.